The van der Waals surface area contributed by atoms with Crippen molar-refractivity contribution in [3.63, 3.8) is 0 Å². The van der Waals surface area contributed by atoms with Crippen molar-refractivity contribution in [1.29, 1.82) is 0 Å². The van der Waals surface area contributed by atoms with Crippen LogP contribution in [0.2, 0.25) is 0 Å². The van der Waals surface area contributed by atoms with Gasteiger partial charge in [-0.15, -0.1) is 0 Å². The lowest BCUT2D eigenvalue weighted by molar-refractivity contribution is 0.0644. The second kappa shape index (κ2) is 6.12. The van der Waals surface area contributed by atoms with Gasteiger partial charge >= 0.3 is 0 Å². The van der Waals surface area contributed by atoms with E-state index in [1.54, 1.807) is 30.8 Å². The van der Waals surface area contributed by atoms with E-state index in [2.05, 4.69) is 5.10 Å². The highest BCUT2D eigenvalue weighted by Crippen LogP contribution is 2.32. The molecule has 6 heteroatoms. The topological polar surface area (TPSA) is 58.4 Å². The zero-order valence-corrected chi connectivity index (χ0v) is 13.2. The van der Waals surface area contributed by atoms with Gasteiger partial charge in [-0.3, -0.25) is 4.79 Å². The number of hydrogen-bond acceptors (Lipinski definition) is 3. The summed E-state index contributed by atoms with van der Waals surface area (Å²) in [6, 6.07) is 5.94. The molecule has 1 aliphatic rings. The second-order valence-corrected chi connectivity index (χ2v) is 6.12. The van der Waals surface area contributed by atoms with Crippen molar-refractivity contribution in [2.24, 2.45) is 5.92 Å². The molecule has 1 atom stereocenters. The van der Waals surface area contributed by atoms with Crippen LogP contribution in [0, 0.1) is 18.7 Å². The van der Waals surface area contributed by atoms with E-state index in [9.17, 15) is 14.3 Å². The third-order valence-corrected chi connectivity index (χ3v) is 4.29. The summed E-state index contributed by atoms with van der Waals surface area (Å²) in [5.74, 6) is -0.160. The third-order valence-electron chi connectivity index (χ3n) is 4.29. The fourth-order valence-corrected chi connectivity index (χ4v) is 2.66. The molecule has 0 aliphatic heterocycles. The molecule has 1 N–H and O–H groups in total. The fourth-order valence-electron chi connectivity index (χ4n) is 2.66. The lowest BCUT2D eigenvalue weighted by Gasteiger charge is -2.20. The van der Waals surface area contributed by atoms with E-state index >= 15 is 0 Å². The number of likely N-dealkylation sites (N-methyl/N-ethyl adjacent to an activating group) is 1. The number of halogens is 1. The zero-order valence-electron chi connectivity index (χ0n) is 13.2. The van der Waals surface area contributed by atoms with Crippen LogP contribution in [0.3, 0.4) is 0 Å². The Morgan fingerprint density at radius 3 is 2.70 bits per heavy atom. The molecular weight excluding hydrogens is 297 g/mol. The highest BCUT2D eigenvalue weighted by atomic mass is 19.1. The highest BCUT2D eigenvalue weighted by Gasteiger charge is 2.31. The van der Waals surface area contributed by atoms with Gasteiger partial charge in [0.25, 0.3) is 5.91 Å². The lowest BCUT2D eigenvalue weighted by atomic mass is 10.2. The first-order valence-electron chi connectivity index (χ1n) is 7.71. The normalized spacial score (nSPS) is 15.5. The zero-order chi connectivity index (χ0) is 16.6. The molecule has 1 fully saturated rings. The molecule has 0 radical (unpaired) electrons. The molecule has 1 aromatic heterocycles. The van der Waals surface area contributed by atoms with Crippen molar-refractivity contribution < 1.29 is 14.3 Å². The van der Waals surface area contributed by atoms with Crippen LogP contribution in [-0.2, 0) is 0 Å². The molecule has 0 spiro atoms. The van der Waals surface area contributed by atoms with Crippen molar-refractivity contribution in [3.05, 3.63) is 47.5 Å². The molecule has 0 bridgehead atoms. The van der Waals surface area contributed by atoms with Crippen LogP contribution in [0.4, 0.5) is 4.39 Å². The van der Waals surface area contributed by atoms with Crippen LogP contribution >= 0.6 is 0 Å². The summed E-state index contributed by atoms with van der Waals surface area (Å²) in [6.07, 6.45) is 3.12. The van der Waals surface area contributed by atoms with Gasteiger partial charge in [-0.05, 0) is 49.9 Å². The van der Waals surface area contributed by atoms with E-state index in [4.69, 9.17) is 0 Å². The Balaban J connectivity index is 1.77. The lowest BCUT2D eigenvalue weighted by Crippen LogP contribution is -2.35. The van der Waals surface area contributed by atoms with Crippen molar-refractivity contribution in [3.8, 4) is 5.69 Å². The quantitative estimate of drug-likeness (QED) is 0.919. The van der Waals surface area contributed by atoms with Gasteiger partial charge in [-0.2, -0.15) is 5.10 Å². The van der Waals surface area contributed by atoms with Gasteiger partial charge in [-0.25, -0.2) is 9.07 Å². The predicted molar refractivity (Wildman–Crippen MR) is 84.0 cm³/mol. The van der Waals surface area contributed by atoms with E-state index in [1.807, 2.05) is 0 Å². The molecule has 0 saturated heterocycles. The summed E-state index contributed by atoms with van der Waals surface area (Å²) in [4.78, 5) is 14.1. The first kappa shape index (κ1) is 15.7. The summed E-state index contributed by atoms with van der Waals surface area (Å²) in [7, 11) is 1.68. The standard InChI is InChI=1S/C17H20FN3O2/c1-11-15(17(23)20(2)10-16(22)12-3-4-12)9-19-21(11)14-7-5-13(18)6-8-14/h5-9,12,16,22H,3-4,10H2,1-2H3. The average molecular weight is 317 g/mol. The van der Waals surface area contributed by atoms with Gasteiger partial charge in [0.05, 0.1) is 29.2 Å². The molecule has 1 amide bonds. The number of hydrogen-bond donors (Lipinski definition) is 1. The van der Waals surface area contributed by atoms with Gasteiger partial charge < -0.3 is 10.0 Å². The monoisotopic (exact) mass is 317 g/mol. The smallest absolute Gasteiger partial charge is 0.257 e. The van der Waals surface area contributed by atoms with Crippen molar-refractivity contribution >= 4 is 5.91 Å². The summed E-state index contributed by atoms with van der Waals surface area (Å²) in [5.41, 5.74) is 1.87. The Morgan fingerprint density at radius 1 is 1.43 bits per heavy atom. The molecule has 23 heavy (non-hydrogen) atoms. The summed E-state index contributed by atoms with van der Waals surface area (Å²) in [5, 5.41) is 14.2. The predicted octanol–water partition coefficient (Wildman–Crippen LogP) is 2.16. The van der Waals surface area contributed by atoms with Gasteiger partial charge in [0.15, 0.2) is 0 Å². The van der Waals surface area contributed by atoms with Crippen LogP contribution in [0.15, 0.2) is 30.5 Å². The Bertz CT molecular complexity index is 707. The van der Waals surface area contributed by atoms with E-state index in [-0.39, 0.29) is 11.7 Å². The van der Waals surface area contributed by atoms with Gasteiger partial charge in [0.1, 0.15) is 5.82 Å². The minimum atomic E-state index is -0.462. The van der Waals surface area contributed by atoms with Gasteiger partial charge in [0, 0.05) is 13.6 Å². The van der Waals surface area contributed by atoms with E-state index in [0.29, 0.717) is 29.4 Å². The maximum Gasteiger partial charge on any atom is 0.257 e. The van der Waals surface area contributed by atoms with Gasteiger partial charge in [-0.1, -0.05) is 0 Å². The largest absolute Gasteiger partial charge is 0.391 e. The van der Waals surface area contributed by atoms with Crippen molar-refractivity contribution in [1.82, 2.24) is 14.7 Å². The van der Waals surface area contributed by atoms with Crippen molar-refractivity contribution in [2.45, 2.75) is 25.9 Å². The number of nitrogens with zero attached hydrogens (tertiary/aromatic N) is 3. The number of aliphatic hydroxyl groups excluding tert-OH is 1. The first-order chi connectivity index (χ1) is 11.0. The number of carbonyl (C=O) groups excluding carboxylic acids is 1. The number of aliphatic hydroxyl groups is 1. The molecule has 2 aromatic rings. The first-order valence-corrected chi connectivity index (χ1v) is 7.71. The summed E-state index contributed by atoms with van der Waals surface area (Å²) in [6.45, 7) is 2.12. The molecule has 1 aliphatic carbocycles. The SMILES string of the molecule is Cc1c(C(=O)N(C)CC(O)C2CC2)cnn1-c1ccc(F)cc1. The minimum Gasteiger partial charge on any atom is -0.391 e. The number of benzene rings is 1. The third kappa shape index (κ3) is 3.27. The number of rotatable bonds is 5. The maximum atomic E-state index is 13.0. The molecule has 1 heterocycles. The van der Waals surface area contributed by atoms with E-state index < -0.39 is 6.10 Å². The van der Waals surface area contributed by atoms with E-state index in [1.165, 1.54) is 23.2 Å². The molecule has 1 aromatic carbocycles. The maximum absolute atomic E-state index is 13.0. The molecule has 3 rings (SSSR count). The Morgan fingerprint density at radius 2 is 2.09 bits per heavy atom. The minimum absolute atomic E-state index is 0.171. The van der Waals surface area contributed by atoms with Crippen LogP contribution < -0.4 is 0 Å². The van der Waals surface area contributed by atoms with Crippen LogP contribution in [0.25, 0.3) is 5.69 Å². The Labute approximate surface area is 134 Å². The van der Waals surface area contributed by atoms with Crippen molar-refractivity contribution in [2.75, 3.05) is 13.6 Å². The summed E-state index contributed by atoms with van der Waals surface area (Å²) < 4.78 is 14.6. The second-order valence-electron chi connectivity index (χ2n) is 6.12. The fraction of sp³-hybridized carbons (Fsp3) is 0.412. The molecule has 122 valence electrons. The Kier molecular flexibility index (Phi) is 4.17. The van der Waals surface area contributed by atoms with Crippen LogP contribution in [0.1, 0.15) is 28.9 Å². The summed E-state index contributed by atoms with van der Waals surface area (Å²) >= 11 is 0. The number of carbonyl (C=O) groups is 1. The molecule has 5 nitrogen and oxygen atoms in total. The molecular formula is C17H20FN3O2. The Hall–Kier alpha value is -2.21. The number of aromatic nitrogens is 2. The van der Waals surface area contributed by atoms with Gasteiger partial charge in [0.2, 0.25) is 0 Å². The molecule has 1 unspecified atom stereocenters. The number of amides is 1. The highest BCUT2D eigenvalue weighted by molar-refractivity contribution is 5.95. The average Bonchev–Trinajstić information content (AvgIpc) is 3.31. The van der Waals surface area contributed by atoms with Crippen LogP contribution in [0.5, 0.6) is 0 Å². The van der Waals surface area contributed by atoms with Crippen LogP contribution in [-0.4, -0.2) is 45.4 Å². The van der Waals surface area contributed by atoms with E-state index in [0.717, 1.165) is 12.8 Å². The molecule has 1 saturated carbocycles.